The number of hydrogen-bond acceptors (Lipinski definition) is 7. The molecule has 2 aliphatic rings. The molecule has 282 valence electrons. The molecule has 2 atom stereocenters. The summed E-state index contributed by atoms with van der Waals surface area (Å²) in [5.74, 6) is -0.320. The molecule has 8 aromatic rings. The number of nitrogens with one attached hydrogen (secondary N) is 1. The molecule has 1 aliphatic heterocycles. The maximum Gasteiger partial charge on any atom is 0.438 e. The standard InChI is InChI=1S/C40H34BrFN10O4/c1-21-13-28(14-22(2)34(21)42)52-35(50-12-11-49(39(50)55)27-6-8-31-25(16-27)19-43-47(31)4)29-20-48(10-9-30(29)45-52)36(53)33-17-24-15-26(41)5-7-32(24)51(33)40(18-23(40)3)37-44-38(54)56-46-37/h5-8,11-17,19,23H,9-10,18,20H2,1-4H3,(H,44,46,54)/t23-,40-/m0/s1. The lowest BCUT2D eigenvalue weighted by Gasteiger charge is -2.29. The normalized spacial score (nSPS) is 18.0. The zero-order chi connectivity index (χ0) is 38.8. The lowest BCUT2D eigenvalue weighted by Crippen LogP contribution is -2.39. The second-order valence-electron chi connectivity index (χ2n) is 14.9. The molecule has 0 radical (unpaired) electrons. The minimum absolute atomic E-state index is 0.0456. The van der Waals surface area contributed by atoms with E-state index in [-0.39, 0.29) is 29.9 Å². The van der Waals surface area contributed by atoms with Crippen molar-refractivity contribution >= 4 is 43.6 Å². The Hall–Kier alpha value is -6.29. The highest BCUT2D eigenvalue weighted by molar-refractivity contribution is 9.10. The van der Waals surface area contributed by atoms with Gasteiger partial charge in [-0.3, -0.25) is 28.1 Å². The fourth-order valence-corrected chi connectivity index (χ4v) is 8.93. The summed E-state index contributed by atoms with van der Waals surface area (Å²) in [6, 6.07) is 16.8. The number of nitrogens with zero attached hydrogens (tertiary/aromatic N) is 9. The highest BCUT2D eigenvalue weighted by atomic mass is 79.9. The van der Waals surface area contributed by atoms with Gasteiger partial charge in [0.2, 0.25) is 0 Å². The first-order valence-electron chi connectivity index (χ1n) is 18.2. The molecule has 1 saturated carbocycles. The first-order valence-corrected chi connectivity index (χ1v) is 19.0. The molecule has 0 unspecified atom stereocenters. The number of carbonyl (C=O) groups excluding carboxylic acids is 1. The van der Waals surface area contributed by atoms with Crippen molar-refractivity contribution in [1.29, 1.82) is 0 Å². The number of aromatic nitrogens is 9. The predicted octanol–water partition coefficient (Wildman–Crippen LogP) is 5.83. The molecule has 5 aromatic heterocycles. The zero-order valence-electron chi connectivity index (χ0n) is 30.7. The van der Waals surface area contributed by atoms with Gasteiger partial charge in [-0.25, -0.2) is 18.7 Å². The van der Waals surface area contributed by atoms with Crippen LogP contribution in [0.3, 0.4) is 0 Å². The summed E-state index contributed by atoms with van der Waals surface area (Å²) in [7, 11) is 1.86. The monoisotopic (exact) mass is 816 g/mol. The van der Waals surface area contributed by atoms with Crippen molar-refractivity contribution in [2.24, 2.45) is 13.0 Å². The largest absolute Gasteiger partial charge is 0.438 e. The van der Waals surface area contributed by atoms with E-state index in [1.807, 2.05) is 54.1 Å². The number of hydrogen-bond donors (Lipinski definition) is 1. The van der Waals surface area contributed by atoms with Crippen LogP contribution >= 0.6 is 15.9 Å². The first-order chi connectivity index (χ1) is 26.9. The molecular formula is C40H34BrFN10O4. The number of fused-ring (bicyclic) bond motifs is 3. The number of amides is 1. The van der Waals surface area contributed by atoms with Crippen molar-refractivity contribution in [3.05, 3.63) is 138 Å². The van der Waals surface area contributed by atoms with E-state index in [1.165, 1.54) is 4.57 Å². The highest BCUT2D eigenvalue weighted by Crippen LogP contribution is 2.56. The van der Waals surface area contributed by atoms with Crippen LogP contribution in [0, 0.1) is 25.6 Å². The van der Waals surface area contributed by atoms with E-state index in [1.54, 1.807) is 63.4 Å². The molecule has 0 spiro atoms. The first kappa shape index (κ1) is 34.2. The molecule has 14 nitrogen and oxygen atoms in total. The second kappa shape index (κ2) is 12.1. The van der Waals surface area contributed by atoms with Crippen molar-refractivity contribution in [2.75, 3.05) is 6.54 Å². The summed E-state index contributed by atoms with van der Waals surface area (Å²) >= 11 is 3.58. The minimum atomic E-state index is -0.795. The predicted molar refractivity (Wildman–Crippen MR) is 208 cm³/mol. The van der Waals surface area contributed by atoms with E-state index >= 15 is 0 Å². The Bertz CT molecular complexity index is 3050. The van der Waals surface area contributed by atoms with E-state index in [2.05, 4.69) is 38.1 Å². The van der Waals surface area contributed by atoms with E-state index in [4.69, 9.17) is 9.62 Å². The van der Waals surface area contributed by atoms with Crippen LogP contribution in [0.2, 0.25) is 0 Å². The molecule has 0 bridgehead atoms. The summed E-state index contributed by atoms with van der Waals surface area (Å²) in [6.45, 7) is 5.96. The molecule has 10 rings (SSSR count). The van der Waals surface area contributed by atoms with Crippen LogP contribution in [0.5, 0.6) is 0 Å². The number of imidazole rings is 1. The summed E-state index contributed by atoms with van der Waals surface area (Å²) in [5.41, 5.74) is 4.63. The van der Waals surface area contributed by atoms with E-state index in [9.17, 15) is 18.8 Å². The molecule has 56 heavy (non-hydrogen) atoms. The number of benzene rings is 3. The fraction of sp³-hybridized carbons (Fsp3) is 0.250. The number of rotatable bonds is 6. The van der Waals surface area contributed by atoms with Crippen LogP contribution in [0.25, 0.3) is 39.0 Å². The van der Waals surface area contributed by atoms with Crippen molar-refractivity contribution in [3.8, 4) is 17.2 Å². The van der Waals surface area contributed by atoms with Gasteiger partial charge in [-0.2, -0.15) is 10.2 Å². The van der Waals surface area contributed by atoms with E-state index in [0.717, 1.165) is 32.0 Å². The molecule has 1 amide bonds. The van der Waals surface area contributed by atoms with Crippen molar-refractivity contribution in [3.63, 3.8) is 0 Å². The van der Waals surface area contributed by atoms with Gasteiger partial charge in [-0.05, 0) is 91.9 Å². The van der Waals surface area contributed by atoms with Gasteiger partial charge in [0.25, 0.3) is 5.91 Å². The third-order valence-electron chi connectivity index (χ3n) is 11.5. The third-order valence-corrected chi connectivity index (χ3v) is 12.0. The summed E-state index contributed by atoms with van der Waals surface area (Å²) < 4.78 is 29.3. The Morgan fingerprint density at radius 1 is 0.982 bits per heavy atom. The number of H-pyrrole nitrogens is 1. The van der Waals surface area contributed by atoms with Crippen molar-refractivity contribution < 1.29 is 13.7 Å². The maximum atomic E-state index is 14.9. The average molecular weight is 818 g/mol. The zero-order valence-corrected chi connectivity index (χ0v) is 32.3. The molecule has 0 saturated heterocycles. The van der Waals surface area contributed by atoms with Gasteiger partial charge in [-0.15, -0.1) is 0 Å². The van der Waals surface area contributed by atoms with E-state index in [0.29, 0.717) is 64.8 Å². The van der Waals surface area contributed by atoms with Gasteiger partial charge < -0.3 is 9.47 Å². The second-order valence-corrected chi connectivity index (χ2v) is 15.8. The lowest BCUT2D eigenvalue weighted by molar-refractivity contribution is 0.0721. The number of aryl methyl sites for hydroxylation is 3. The molecule has 16 heteroatoms. The molecule has 1 fully saturated rings. The smallest absolute Gasteiger partial charge is 0.332 e. The van der Waals surface area contributed by atoms with Crippen LogP contribution < -0.4 is 11.4 Å². The Labute approximate surface area is 325 Å². The quantitative estimate of drug-likeness (QED) is 0.222. The third kappa shape index (κ3) is 4.97. The average Bonchev–Trinajstić information content (AvgIpc) is 3.79. The van der Waals surface area contributed by atoms with Gasteiger partial charge in [-0.1, -0.05) is 28.0 Å². The van der Waals surface area contributed by atoms with Crippen LogP contribution in [-0.2, 0) is 25.6 Å². The van der Waals surface area contributed by atoms with Gasteiger partial charge >= 0.3 is 11.4 Å². The molecule has 1 N–H and O–H groups in total. The van der Waals surface area contributed by atoms with Crippen LogP contribution in [0.1, 0.15) is 52.0 Å². The fourth-order valence-electron chi connectivity index (χ4n) is 8.55. The Morgan fingerprint density at radius 2 is 1.73 bits per heavy atom. The molecule has 1 aliphatic carbocycles. The number of carbonyl (C=O) groups is 1. The van der Waals surface area contributed by atoms with Crippen LogP contribution in [0.4, 0.5) is 4.39 Å². The summed E-state index contributed by atoms with van der Waals surface area (Å²) in [4.78, 5) is 46.1. The maximum absolute atomic E-state index is 14.9. The summed E-state index contributed by atoms with van der Waals surface area (Å²) in [5, 5.41) is 15.2. The van der Waals surface area contributed by atoms with E-state index < -0.39 is 11.3 Å². The molecule has 3 aromatic carbocycles. The molecule has 6 heterocycles. The Kier molecular flexibility index (Phi) is 7.40. The number of aromatic amines is 1. The minimum Gasteiger partial charge on any atom is -0.332 e. The van der Waals surface area contributed by atoms with Gasteiger partial charge in [0, 0.05) is 58.7 Å². The van der Waals surface area contributed by atoms with Gasteiger partial charge in [0.1, 0.15) is 22.9 Å². The topological polar surface area (TPSA) is 147 Å². The van der Waals surface area contributed by atoms with Crippen molar-refractivity contribution in [2.45, 2.75) is 45.7 Å². The van der Waals surface area contributed by atoms with Gasteiger partial charge in [0.15, 0.2) is 5.82 Å². The van der Waals surface area contributed by atoms with Gasteiger partial charge in [0.05, 0.1) is 35.3 Å². The SMILES string of the molecule is Cc1cc(-n2nc3c(c2-n2ccn(-c4ccc5c(cnn5C)c4)c2=O)CN(C(=O)c2cc4cc(Br)ccc4n2[C@@]2(c4noc(=O)[nH]4)C[C@@H]2C)CC3)cc(C)c1F. The Morgan fingerprint density at radius 3 is 2.46 bits per heavy atom. The molecular weight excluding hydrogens is 783 g/mol. The Balaban J connectivity index is 1.11. The highest BCUT2D eigenvalue weighted by Gasteiger charge is 2.59. The van der Waals surface area contributed by atoms with Crippen LogP contribution in [-0.4, -0.2) is 60.8 Å². The summed E-state index contributed by atoms with van der Waals surface area (Å²) in [6.07, 6.45) is 6.21. The number of halogens is 2. The van der Waals surface area contributed by atoms with Crippen molar-refractivity contribution in [1.82, 2.24) is 48.3 Å². The van der Waals surface area contributed by atoms with Crippen LogP contribution in [0.15, 0.2) is 91.8 Å². The lowest BCUT2D eigenvalue weighted by atomic mass is 10.1.